The monoisotopic (exact) mass is 392 g/mol. The lowest BCUT2D eigenvalue weighted by Gasteiger charge is -2.25. The van der Waals surface area contributed by atoms with Crippen LogP contribution in [0.4, 0.5) is 0 Å². The van der Waals surface area contributed by atoms with E-state index in [-0.39, 0.29) is 18.6 Å². The zero-order valence-electron chi connectivity index (χ0n) is 16.3. The molecule has 1 heterocycles. The Kier molecular flexibility index (Phi) is 7.05. The van der Waals surface area contributed by atoms with Crippen molar-refractivity contribution in [1.29, 1.82) is 0 Å². The van der Waals surface area contributed by atoms with Gasteiger partial charge in [-0.15, -0.1) is 0 Å². The molecule has 0 radical (unpaired) electrons. The Morgan fingerprint density at radius 2 is 1.96 bits per heavy atom. The Bertz CT molecular complexity index is 831. The molecule has 146 valence electrons. The lowest BCUT2D eigenvalue weighted by Crippen LogP contribution is -2.30. The van der Waals surface area contributed by atoms with Crippen LogP contribution in [0, 0.1) is 13.8 Å². The van der Waals surface area contributed by atoms with Crippen molar-refractivity contribution in [2.75, 3.05) is 27.4 Å². The fraction of sp³-hybridized carbons (Fsp3) is 0.400. The number of carbonyl (C=O) groups is 2. The lowest BCUT2D eigenvalue weighted by atomic mass is 10.1. The lowest BCUT2D eigenvalue weighted by molar-refractivity contribution is 0.0387. The molecule has 0 aliphatic heterocycles. The quantitative estimate of drug-likeness (QED) is 0.572. The van der Waals surface area contributed by atoms with Crippen LogP contribution in [0.15, 0.2) is 24.3 Å². The molecular formula is C20H25ClN2O4. The number of aromatic amines is 1. The van der Waals surface area contributed by atoms with Crippen molar-refractivity contribution < 1.29 is 19.1 Å². The van der Waals surface area contributed by atoms with Crippen molar-refractivity contribution in [3.63, 3.8) is 0 Å². The van der Waals surface area contributed by atoms with Crippen LogP contribution in [-0.2, 0) is 9.47 Å². The number of rotatable bonds is 7. The molecular weight excluding hydrogens is 368 g/mol. The number of nitrogens with zero attached hydrogens (tertiary/aromatic N) is 1. The number of halogens is 1. The van der Waals surface area contributed by atoms with Crippen LogP contribution in [0.5, 0.6) is 0 Å². The van der Waals surface area contributed by atoms with Crippen molar-refractivity contribution in [3.05, 3.63) is 57.4 Å². The number of benzene rings is 1. The van der Waals surface area contributed by atoms with E-state index < -0.39 is 5.97 Å². The maximum absolute atomic E-state index is 13.0. The predicted octanol–water partition coefficient (Wildman–Crippen LogP) is 3.92. The second-order valence-corrected chi connectivity index (χ2v) is 6.84. The Balaban J connectivity index is 2.23. The van der Waals surface area contributed by atoms with Crippen LogP contribution in [0.25, 0.3) is 0 Å². The van der Waals surface area contributed by atoms with Crippen LogP contribution in [0.1, 0.15) is 50.6 Å². The molecule has 1 N–H and O–H groups in total. The molecule has 0 spiro atoms. The number of H-pyrrole nitrogens is 1. The highest BCUT2D eigenvalue weighted by molar-refractivity contribution is 6.30. The van der Waals surface area contributed by atoms with E-state index in [4.69, 9.17) is 21.1 Å². The van der Waals surface area contributed by atoms with Crippen LogP contribution >= 0.6 is 11.6 Å². The molecule has 1 amide bonds. The van der Waals surface area contributed by atoms with E-state index in [1.807, 2.05) is 25.1 Å². The minimum absolute atomic E-state index is 0.161. The van der Waals surface area contributed by atoms with Crippen LogP contribution in [0.3, 0.4) is 0 Å². The summed E-state index contributed by atoms with van der Waals surface area (Å²) in [6, 6.07) is 7.22. The summed E-state index contributed by atoms with van der Waals surface area (Å²) in [6.07, 6.45) is 0. The number of aryl methyl sites for hydroxylation is 1. The molecule has 1 aromatic carbocycles. The van der Waals surface area contributed by atoms with E-state index in [9.17, 15) is 9.59 Å². The van der Waals surface area contributed by atoms with E-state index in [0.29, 0.717) is 34.1 Å². The summed E-state index contributed by atoms with van der Waals surface area (Å²) in [4.78, 5) is 30.0. The van der Waals surface area contributed by atoms with Crippen molar-refractivity contribution in [2.24, 2.45) is 0 Å². The molecule has 0 aliphatic carbocycles. The van der Waals surface area contributed by atoms with Crippen LogP contribution < -0.4 is 0 Å². The number of carbonyl (C=O) groups excluding carboxylic acids is 2. The SMILES string of the molecule is COCCOC(=O)c1c(C)[nH]c(C(=O)N(C)C(C)c2cccc(Cl)c2)c1C. The first-order valence-electron chi connectivity index (χ1n) is 8.65. The van der Waals surface area contributed by atoms with Gasteiger partial charge in [0.25, 0.3) is 5.91 Å². The summed E-state index contributed by atoms with van der Waals surface area (Å²) in [7, 11) is 3.26. The van der Waals surface area contributed by atoms with Gasteiger partial charge in [-0.25, -0.2) is 4.79 Å². The summed E-state index contributed by atoms with van der Waals surface area (Å²) in [5.41, 5.74) is 2.87. The molecule has 6 nitrogen and oxygen atoms in total. The van der Waals surface area contributed by atoms with Crippen LogP contribution in [-0.4, -0.2) is 49.1 Å². The molecule has 0 aliphatic rings. The highest BCUT2D eigenvalue weighted by Crippen LogP contribution is 2.26. The molecule has 2 rings (SSSR count). The second-order valence-electron chi connectivity index (χ2n) is 6.40. The minimum atomic E-state index is -0.470. The molecule has 27 heavy (non-hydrogen) atoms. The summed E-state index contributed by atoms with van der Waals surface area (Å²) >= 11 is 6.06. The average molecular weight is 393 g/mol. The highest BCUT2D eigenvalue weighted by Gasteiger charge is 2.27. The van der Waals surface area contributed by atoms with Gasteiger partial charge in [-0.1, -0.05) is 23.7 Å². The number of amides is 1. The number of methoxy groups -OCH3 is 1. The molecule has 0 saturated carbocycles. The molecule has 1 unspecified atom stereocenters. The van der Waals surface area contributed by atoms with Gasteiger partial charge in [0.15, 0.2) is 0 Å². The first-order chi connectivity index (χ1) is 12.8. The van der Waals surface area contributed by atoms with Crippen molar-refractivity contribution >= 4 is 23.5 Å². The number of hydrogen-bond donors (Lipinski definition) is 1. The van der Waals surface area contributed by atoms with Gasteiger partial charge in [0, 0.05) is 24.9 Å². The van der Waals surface area contributed by atoms with Crippen molar-refractivity contribution in [3.8, 4) is 0 Å². The van der Waals surface area contributed by atoms with Gasteiger partial charge in [-0.05, 0) is 44.0 Å². The largest absolute Gasteiger partial charge is 0.460 e. The third kappa shape index (κ3) is 4.70. The topological polar surface area (TPSA) is 71.6 Å². The molecule has 0 saturated heterocycles. The average Bonchev–Trinajstić information content (AvgIpc) is 2.94. The Labute approximate surface area is 164 Å². The second kappa shape index (κ2) is 9.06. The fourth-order valence-corrected chi connectivity index (χ4v) is 3.10. The number of esters is 1. The predicted molar refractivity (Wildman–Crippen MR) is 104 cm³/mol. The molecule has 0 bridgehead atoms. The van der Waals surface area contributed by atoms with E-state index in [2.05, 4.69) is 4.98 Å². The molecule has 1 atom stereocenters. The summed E-state index contributed by atoms with van der Waals surface area (Å²) in [5.74, 6) is -0.679. The number of nitrogens with one attached hydrogen (secondary N) is 1. The van der Waals surface area contributed by atoms with E-state index in [1.165, 1.54) is 7.11 Å². The molecule has 2 aromatic rings. The fourth-order valence-electron chi connectivity index (χ4n) is 2.90. The standard InChI is InChI=1S/C20H25ClN2O4/c1-12-17(20(25)27-10-9-26-5)13(2)22-18(12)19(24)23(4)14(3)15-7-6-8-16(21)11-15/h6-8,11,14,22H,9-10H2,1-5H3. The maximum Gasteiger partial charge on any atom is 0.340 e. The van der Waals surface area contributed by atoms with Gasteiger partial charge in [-0.3, -0.25) is 4.79 Å². The first-order valence-corrected chi connectivity index (χ1v) is 9.03. The zero-order chi connectivity index (χ0) is 20.1. The van der Waals surface area contributed by atoms with Gasteiger partial charge < -0.3 is 19.4 Å². The van der Waals surface area contributed by atoms with E-state index in [1.54, 1.807) is 31.9 Å². The maximum atomic E-state index is 13.0. The van der Waals surface area contributed by atoms with E-state index >= 15 is 0 Å². The molecule has 7 heteroatoms. The van der Waals surface area contributed by atoms with Gasteiger partial charge >= 0.3 is 5.97 Å². The Morgan fingerprint density at radius 3 is 2.59 bits per heavy atom. The third-order valence-corrected chi connectivity index (χ3v) is 4.84. The summed E-state index contributed by atoms with van der Waals surface area (Å²) in [6.45, 7) is 5.89. The smallest absolute Gasteiger partial charge is 0.340 e. The summed E-state index contributed by atoms with van der Waals surface area (Å²) in [5, 5.41) is 0.619. The third-order valence-electron chi connectivity index (χ3n) is 4.61. The van der Waals surface area contributed by atoms with Gasteiger partial charge in [0.05, 0.1) is 18.2 Å². The van der Waals surface area contributed by atoms with E-state index in [0.717, 1.165) is 5.56 Å². The Morgan fingerprint density at radius 1 is 1.26 bits per heavy atom. The summed E-state index contributed by atoms with van der Waals surface area (Å²) < 4.78 is 10.1. The van der Waals surface area contributed by atoms with Crippen LogP contribution in [0.2, 0.25) is 5.02 Å². The first kappa shape index (κ1) is 21.0. The number of ether oxygens (including phenoxy) is 2. The number of hydrogen-bond acceptors (Lipinski definition) is 4. The van der Waals surface area contributed by atoms with Gasteiger partial charge in [0.1, 0.15) is 12.3 Å². The molecule has 0 fully saturated rings. The highest BCUT2D eigenvalue weighted by atomic mass is 35.5. The van der Waals surface area contributed by atoms with Gasteiger partial charge in [0.2, 0.25) is 0 Å². The normalized spacial score (nSPS) is 11.9. The van der Waals surface area contributed by atoms with Gasteiger partial charge in [-0.2, -0.15) is 0 Å². The Hall–Kier alpha value is -2.31. The number of aromatic nitrogens is 1. The van der Waals surface area contributed by atoms with Crippen molar-refractivity contribution in [2.45, 2.75) is 26.8 Å². The minimum Gasteiger partial charge on any atom is -0.460 e. The van der Waals surface area contributed by atoms with Crippen molar-refractivity contribution in [1.82, 2.24) is 9.88 Å². The molecule has 1 aromatic heterocycles. The zero-order valence-corrected chi connectivity index (χ0v) is 17.0.